The SMILES string of the molecule is COc1ccc(C=C2Oc3cc(OC(=O)C(C)C)ccc3C2=O)c(OC)c1OC. The monoisotopic (exact) mass is 398 g/mol. The summed E-state index contributed by atoms with van der Waals surface area (Å²) in [5.74, 6) is 1.20. The lowest BCUT2D eigenvalue weighted by Gasteiger charge is -2.14. The molecule has 0 bridgehead atoms. The molecule has 2 aromatic carbocycles. The van der Waals surface area contributed by atoms with Gasteiger partial charge in [-0.05, 0) is 30.3 Å². The van der Waals surface area contributed by atoms with Gasteiger partial charge in [0.15, 0.2) is 17.3 Å². The highest BCUT2D eigenvalue weighted by atomic mass is 16.5. The van der Waals surface area contributed by atoms with Crippen molar-refractivity contribution in [2.24, 2.45) is 5.92 Å². The number of hydrogen-bond acceptors (Lipinski definition) is 7. The van der Waals surface area contributed by atoms with Crippen molar-refractivity contribution in [3.63, 3.8) is 0 Å². The smallest absolute Gasteiger partial charge is 0.313 e. The fourth-order valence-electron chi connectivity index (χ4n) is 2.84. The Hall–Kier alpha value is -3.48. The first-order chi connectivity index (χ1) is 13.9. The van der Waals surface area contributed by atoms with Crippen molar-refractivity contribution in [2.75, 3.05) is 21.3 Å². The molecule has 0 radical (unpaired) electrons. The molecule has 0 saturated heterocycles. The summed E-state index contributed by atoms with van der Waals surface area (Å²) in [6.07, 6.45) is 1.57. The lowest BCUT2D eigenvalue weighted by molar-refractivity contribution is -0.137. The van der Waals surface area contributed by atoms with Gasteiger partial charge in [0, 0.05) is 11.6 Å². The van der Waals surface area contributed by atoms with Gasteiger partial charge in [-0.2, -0.15) is 0 Å². The van der Waals surface area contributed by atoms with E-state index in [9.17, 15) is 9.59 Å². The van der Waals surface area contributed by atoms with E-state index < -0.39 is 0 Å². The van der Waals surface area contributed by atoms with Crippen molar-refractivity contribution in [2.45, 2.75) is 13.8 Å². The van der Waals surface area contributed by atoms with Gasteiger partial charge in [0.25, 0.3) is 0 Å². The van der Waals surface area contributed by atoms with Crippen molar-refractivity contribution in [1.82, 2.24) is 0 Å². The Morgan fingerprint density at radius 2 is 1.72 bits per heavy atom. The van der Waals surface area contributed by atoms with Crippen molar-refractivity contribution in [1.29, 1.82) is 0 Å². The molecule has 1 aliphatic rings. The second kappa shape index (κ2) is 8.26. The number of rotatable bonds is 6. The third-order valence-electron chi connectivity index (χ3n) is 4.35. The van der Waals surface area contributed by atoms with E-state index in [2.05, 4.69) is 0 Å². The summed E-state index contributed by atoms with van der Waals surface area (Å²) in [5.41, 5.74) is 0.979. The van der Waals surface area contributed by atoms with Crippen molar-refractivity contribution in [3.8, 4) is 28.7 Å². The molecule has 7 heteroatoms. The van der Waals surface area contributed by atoms with Crippen LogP contribution in [0.2, 0.25) is 0 Å². The van der Waals surface area contributed by atoms with E-state index in [0.29, 0.717) is 39.9 Å². The Morgan fingerprint density at radius 1 is 1.00 bits per heavy atom. The second-order valence-electron chi connectivity index (χ2n) is 6.60. The maximum Gasteiger partial charge on any atom is 0.313 e. The number of ketones is 1. The topological polar surface area (TPSA) is 80.3 Å². The maximum atomic E-state index is 12.7. The highest BCUT2D eigenvalue weighted by molar-refractivity contribution is 6.14. The van der Waals surface area contributed by atoms with Crippen LogP contribution < -0.4 is 23.7 Å². The quantitative estimate of drug-likeness (QED) is 0.415. The molecule has 0 fully saturated rings. The Morgan fingerprint density at radius 3 is 2.34 bits per heavy atom. The zero-order chi connectivity index (χ0) is 21.1. The molecule has 1 aliphatic heterocycles. The predicted octanol–water partition coefficient (Wildman–Crippen LogP) is 3.89. The van der Waals surface area contributed by atoms with Crippen LogP contribution in [0.25, 0.3) is 6.08 Å². The third kappa shape index (κ3) is 3.89. The van der Waals surface area contributed by atoms with Crippen LogP contribution in [0.5, 0.6) is 28.7 Å². The first-order valence-corrected chi connectivity index (χ1v) is 8.98. The highest BCUT2D eigenvalue weighted by Crippen LogP contribution is 2.42. The number of allylic oxidation sites excluding steroid dienone is 1. The van der Waals surface area contributed by atoms with Crippen LogP contribution in [0.1, 0.15) is 29.8 Å². The molecule has 0 atom stereocenters. The van der Waals surface area contributed by atoms with Crippen LogP contribution in [-0.4, -0.2) is 33.1 Å². The number of carbonyl (C=O) groups excluding carboxylic acids is 2. The summed E-state index contributed by atoms with van der Waals surface area (Å²) < 4.78 is 27.1. The van der Waals surface area contributed by atoms with Crippen molar-refractivity contribution >= 4 is 17.8 Å². The van der Waals surface area contributed by atoms with Crippen LogP contribution in [-0.2, 0) is 4.79 Å². The lowest BCUT2D eigenvalue weighted by Crippen LogP contribution is -2.14. The van der Waals surface area contributed by atoms with E-state index in [1.54, 1.807) is 44.2 Å². The molecule has 7 nitrogen and oxygen atoms in total. The van der Waals surface area contributed by atoms with E-state index >= 15 is 0 Å². The third-order valence-corrected chi connectivity index (χ3v) is 4.35. The fraction of sp³-hybridized carbons (Fsp3) is 0.273. The molecular formula is C22H22O7. The molecular weight excluding hydrogens is 376 g/mol. The van der Waals surface area contributed by atoms with Gasteiger partial charge in [-0.3, -0.25) is 9.59 Å². The molecule has 2 aromatic rings. The molecule has 3 rings (SSSR count). The van der Waals surface area contributed by atoms with Crippen LogP contribution in [0.15, 0.2) is 36.1 Å². The largest absolute Gasteiger partial charge is 0.493 e. The zero-order valence-electron chi connectivity index (χ0n) is 16.9. The Labute approximate surface area is 168 Å². The van der Waals surface area contributed by atoms with Gasteiger partial charge in [-0.1, -0.05) is 13.8 Å². The number of methoxy groups -OCH3 is 3. The van der Waals surface area contributed by atoms with E-state index in [0.717, 1.165) is 0 Å². The van der Waals surface area contributed by atoms with Gasteiger partial charge < -0.3 is 23.7 Å². The Balaban J connectivity index is 1.94. The number of ether oxygens (including phenoxy) is 5. The highest BCUT2D eigenvalue weighted by Gasteiger charge is 2.29. The summed E-state index contributed by atoms with van der Waals surface area (Å²) in [6.45, 7) is 3.49. The van der Waals surface area contributed by atoms with Crippen LogP contribution in [0.3, 0.4) is 0 Å². The number of hydrogen-bond donors (Lipinski definition) is 0. The molecule has 0 unspecified atom stereocenters. The van der Waals surface area contributed by atoms with E-state index in [1.807, 2.05) is 0 Å². The molecule has 29 heavy (non-hydrogen) atoms. The van der Waals surface area contributed by atoms with Crippen LogP contribution in [0, 0.1) is 5.92 Å². The number of Topliss-reactive ketones (excluding diaryl/α,β-unsaturated/α-hetero) is 1. The van der Waals surface area contributed by atoms with Crippen molar-refractivity contribution in [3.05, 3.63) is 47.2 Å². The fourth-order valence-corrected chi connectivity index (χ4v) is 2.84. The van der Waals surface area contributed by atoms with Gasteiger partial charge in [-0.15, -0.1) is 0 Å². The first-order valence-electron chi connectivity index (χ1n) is 8.98. The number of carbonyl (C=O) groups is 2. The normalized spacial score (nSPS) is 13.9. The molecule has 0 saturated carbocycles. The van der Waals surface area contributed by atoms with E-state index in [-0.39, 0.29) is 23.4 Å². The number of benzene rings is 2. The van der Waals surface area contributed by atoms with Gasteiger partial charge >= 0.3 is 5.97 Å². The van der Waals surface area contributed by atoms with Crippen LogP contribution in [0.4, 0.5) is 0 Å². The van der Waals surface area contributed by atoms with E-state index in [4.69, 9.17) is 23.7 Å². The Kier molecular flexibility index (Phi) is 5.77. The summed E-state index contributed by atoms with van der Waals surface area (Å²) in [6, 6.07) is 8.13. The average Bonchev–Trinajstić information content (AvgIpc) is 3.02. The van der Waals surface area contributed by atoms with Gasteiger partial charge in [0.05, 0.1) is 32.8 Å². The number of esters is 1. The molecule has 1 heterocycles. The van der Waals surface area contributed by atoms with E-state index in [1.165, 1.54) is 27.4 Å². The van der Waals surface area contributed by atoms with Gasteiger partial charge in [-0.25, -0.2) is 0 Å². The Bertz CT molecular complexity index is 989. The molecule has 0 aliphatic carbocycles. The maximum absolute atomic E-state index is 12.7. The molecule has 0 spiro atoms. The minimum atomic E-state index is -0.361. The second-order valence-corrected chi connectivity index (χ2v) is 6.60. The minimum Gasteiger partial charge on any atom is -0.493 e. The summed E-state index contributed by atoms with van der Waals surface area (Å²) >= 11 is 0. The number of fused-ring (bicyclic) bond motifs is 1. The summed E-state index contributed by atoms with van der Waals surface area (Å²) in [5, 5.41) is 0. The van der Waals surface area contributed by atoms with Crippen LogP contribution >= 0.6 is 0 Å². The minimum absolute atomic E-state index is 0.123. The summed E-state index contributed by atoms with van der Waals surface area (Å²) in [7, 11) is 4.53. The average molecular weight is 398 g/mol. The lowest BCUT2D eigenvalue weighted by atomic mass is 10.1. The molecule has 0 N–H and O–H groups in total. The summed E-state index contributed by atoms with van der Waals surface area (Å²) in [4.78, 5) is 24.5. The van der Waals surface area contributed by atoms with Crippen molar-refractivity contribution < 1.29 is 33.3 Å². The zero-order valence-corrected chi connectivity index (χ0v) is 16.9. The van der Waals surface area contributed by atoms with Gasteiger partial charge in [0.2, 0.25) is 11.5 Å². The first kappa shape index (κ1) is 20.3. The molecule has 152 valence electrons. The molecule has 0 amide bonds. The standard InChI is InChI=1S/C22H22O7/c1-12(2)22(24)28-14-7-8-15-17(11-14)29-18(19(15)23)10-13-6-9-16(25-3)21(27-5)20(13)26-4/h6-12H,1-5H3. The molecule has 0 aromatic heterocycles. The van der Waals surface area contributed by atoms with Gasteiger partial charge in [0.1, 0.15) is 11.5 Å². The predicted molar refractivity (Wildman–Crippen MR) is 106 cm³/mol.